The van der Waals surface area contributed by atoms with Crippen LogP contribution in [0.5, 0.6) is 0 Å². The van der Waals surface area contributed by atoms with E-state index in [-0.39, 0.29) is 11.9 Å². The second-order valence-electron chi connectivity index (χ2n) is 5.07. The van der Waals surface area contributed by atoms with Gasteiger partial charge < -0.3 is 16.2 Å². The number of hydrogen-bond donors (Lipinski definition) is 3. The van der Waals surface area contributed by atoms with Crippen LogP contribution < -0.4 is 16.2 Å². The summed E-state index contributed by atoms with van der Waals surface area (Å²) in [4.78, 5) is 22.5. The first-order valence-corrected chi connectivity index (χ1v) is 6.72. The molecule has 112 valence electrons. The minimum absolute atomic E-state index is 0.0692. The number of halogens is 1. The van der Waals surface area contributed by atoms with Crippen molar-refractivity contribution in [1.29, 1.82) is 0 Å². The van der Waals surface area contributed by atoms with Crippen LogP contribution in [-0.2, 0) is 9.59 Å². The lowest BCUT2D eigenvalue weighted by Gasteiger charge is -2.16. The van der Waals surface area contributed by atoms with Gasteiger partial charge in [-0.05, 0) is 43.7 Å². The van der Waals surface area contributed by atoms with Gasteiger partial charge in [0.25, 0.3) is 0 Å². The molecule has 0 amide bonds. The molecule has 1 saturated heterocycles. The molecule has 0 aromatic heterocycles. The fourth-order valence-corrected chi connectivity index (χ4v) is 2.44. The van der Waals surface area contributed by atoms with E-state index >= 15 is 0 Å². The summed E-state index contributed by atoms with van der Waals surface area (Å²) in [6.45, 7) is 4.26. The predicted molar refractivity (Wildman–Crippen MR) is 77.9 cm³/mol. The average Bonchev–Trinajstić information content (AvgIpc) is 2.87. The molecule has 2 unspecified atom stereocenters. The van der Waals surface area contributed by atoms with Gasteiger partial charge in [0.05, 0.1) is 11.6 Å². The second kappa shape index (κ2) is 6.49. The first kappa shape index (κ1) is 15.2. The van der Waals surface area contributed by atoms with Gasteiger partial charge in [-0.2, -0.15) is 0 Å². The zero-order valence-corrected chi connectivity index (χ0v) is 11.9. The zero-order chi connectivity index (χ0) is 15.4. The third-order valence-corrected chi connectivity index (χ3v) is 3.63. The van der Waals surface area contributed by atoms with Gasteiger partial charge in [0, 0.05) is 18.3 Å². The molecule has 0 aliphatic carbocycles. The van der Waals surface area contributed by atoms with Crippen LogP contribution in [0.1, 0.15) is 13.8 Å². The average molecular weight is 291 g/mol. The van der Waals surface area contributed by atoms with Crippen molar-refractivity contribution in [2.45, 2.75) is 19.9 Å². The van der Waals surface area contributed by atoms with E-state index in [0.29, 0.717) is 18.5 Å². The summed E-state index contributed by atoms with van der Waals surface area (Å²) in [6, 6.07) is 5.84. The highest BCUT2D eigenvalue weighted by Crippen LogP contribution is 2.24. The summed E-state index contributed by atoms with van der Waals surface area (Å²) in [7, 11) is 0. The number of aldehydes is 1. The maximum atomic E-state index is 12.8. The zero-order valence-electron chi connectivity index (χ0n) is 11.9. The van der Waals surface area contributed by atoms with Crippen LogP contribution in [0, 0.1) is 11.7 Å². The minimum Gasteiger partial charge on any atom is -0.309 e. The lowest BCUT2D eigenvalue weighted by Crippen LogP contribution is -2.30. The van der Waals surface area contributed by atoms with E-state index in [2.05, 4.69) is 16.2 Å². The fraction of sp³-hybridized carbons (Fsp3) is 0.333. The number of ketones is 1. The molecule has 1 aliphatic heterocycles. The van der Waals surface area contributed by atoms with Gasteiger partial charge in [0.2, 0.25) is 5.78 Å². The molecule has 1 aromatic carbocycles. The minimum atomic E-state index is -0.440. The number of benzene rings is 1. The Morgan fingerprint density at radius 1 is 1.38 bits per heavy atom. The largest absolute Gasteiger partial charge is 0.309 e. The summed E-state index contributed by atoms with van der Waals surface area (Å²) in [6.07, 6.45) is 0.370. The molecule has 1 aliphatic rings. The molecule has 5 nitrogen and oxygen atoms in total. The first-order valence-electron chi connectivity index (χ1n) is 6.72. The van der Waals surface area contributed by atoms with Crippen LogP contribution >= 0.6 is 0 Å². The maximum Gasteiger partial charge on any atom is 0.203 e. The number of hydrogen-bond acceptors (Lipinski definition) is 5. The number of nitrogens with one attached hydrogen (secondary N) is 3. The van der Waals surface area contributed by atoms with E-state index in [1.807, 2.05) is 13.8 Å². The van der Waals surface area contributed by atoms with E-state index in [0.717, 1.165) is 11.3 Å². The van der Waals surface area contributed by atoms with Crippen molar-refractivity contribution >= 4 is 17.8 Å². The van der Waals surface area contributed by atoms with Crippen LogP contribution in [-0.4, -0.2) is 24.7 Å². The van der Waals surface area contributed by atoms with Gasteiger partial charge in [0.1, 0.15) is 5.82 Å². The summed E-state index contributed by atoms with van der Waals surface area (Å²) in [5, 5.41) is 3.17. The molecule has 0 spiro atoms. The highest BCUT2D eigenvalue weighted by atomic mass is 19.1. The Kier molecular flexibility index (Phi) is 4.70. The number of carbonyl (C=O) groups excluding carboxylic acids is 2. The Hall–Kier alpha value is -2.21. The lowest BCUT2D eigenvalue weighted by molar-refractivity contribution is -0.131. The molecular formula is C15H18FN3O2. The van der Waals surface area contributed by atoms with Crippen molar-refractivity contribution in [1.82, 2.24) is 10.7 Å². The van der Waals surface area contributed by atoms with Crippen LogP contribution in [0.4, 0.5) is 10.1 Å². The predicted octanol–water partition coefficient (Wildman–Crippen LogP) is 1.39. The smallest absolute Gasteiger partial charge is 0.203 e. The molecular weight excluding hydrogens is 273 g/mol. The van der Waals surface area contributed by atoms with Crippen LogP contribution in [0.2, 0.25) is 0 Å². The molecule has 3 N–H and O–H groups in total. The topological polar surface area (TPSA) is 70.2 Å². The van der Waals surface area contributed by atoms with E-state index in [9.17, 15) is 14.0 Å². The molecule has 1 aromatic rings. The number of anilines is 1. The van der Waals surface area contributed by atoms with E-state index in [1.165, 1.54) is 12.1 Å². The summed E-state index contributed by atoms with van der Waals surface area (Å²) >= 11 is 0. The van der Waals surface area contributed by atoms with Crippen molar-refractivity contribution in [3.8, 4) is 0 Å². The molecule has 0 saturated carbocycles. The number of rotatable bonds is 5. The maximum absolute atomic E-state index is 12.8. The summed E-state index contributed by atoms with van der Waals surface area (Å²) < 4.78 is 12.8. The van der Waals surface area contributed by atoms with Crippen LogP contribution in [0.3, 0.4) is 0 Å². The van der Waals surface area contributed by atoms with Gasteiger partial charge in [0.15, 0.2) is 6.29 Å². The fourth-order valence-electron chi connectivity index (χ4n) is 2.44. The Balaban J connectivity index is 2.09. The first-order chi connectivity index (χ1) is 10.0. The Labute approximate surface area is 122 Å². The monoisotopic (exact) mass is 291 g/mol. The van der Waals surface area contributed by atoms with Crippen LogP contribution in [0.15, 0.2) is 35.5 Å². The van der Waals surface area contributed by atoms with Crippen molar-refractivity contribution in [3.63, 3.8) is 0 Å². The number of allylic oxidation sites excluding steroid dienone is 1. The second-order valence-corrected chi connectivity index (χ2v) is 5.07. The standard InChI is InChI=1S/C15H18FN3O2/c1-9(18-19-12-5-3-11(16)4-6-12)13-7-17-10(2)15(13)14(21)8-20/h3-6,8,10,15,17-19H,7H2,1-2H3. The van der Waals surface area contributed by atoms with Gasteiger partial charge in [-0.3, -0.25) is 9.59 Å². The highest BCUT2D eigenvalue weighted by Gasteiger charge is 2.34. The molecule has 2 rings (SSSR count). The normalized spacial score (nSPS) is 23.6. The van der Waals surface area contributed by atoms with E-state index in [1.54, 1.807) is 12.1 Å². The molecule has 0 radical (unpaired) electrons. The van der Waals surface area contributed by atoms with Gasteiger partial charge in [-0.25, -0.2) is 4.39 Å². The SMILES string of the molecule is CC(NNc1ccc(F)cc1)=C1CNC(C)C1C(=O)C=O. The summed E-state index contributed by atoms with van der Waals surface area (Å²) in [5.74, 6) is -1.17. The van der Waals surface area contributed by atoms with Crippen LogP contribution in [0.25, 0.3) is 0 Å². The number of Topliss-reactive ketones (excluding diaryl/α,β-unsaturated/α-hetero) is 1. The van der Waals surface area contributed by atoms with Crippen molar-refractivity contribution in [2.75, 3.05) is 12.0 Å². The van der Waals surface area contributed by atoms with E-state index in [4.69, 9.17) is 0 Å². The Morgan fingerprint density at radius 2 is 2.05 bits per heavy atom. The molecule has 6 heteroatoms. The molecule has 1 fully saturated rings. The van der Waals surface area contributed by atoms with Gasteiger partial charge >= 0.3 is 0 Å². The van der Waals surface area contributed by atoms with Gasteiger partial charge in [-0.1, -0.05) is 0 Å². The number of carbonyl (C=O) groups is 2. The molecule has 1 heterocycles. The van der Waals surface area contributed by atoms with Gasteiger partial charge in [-0.15, -0.1) is 0 Å². The highest BCUT2D eigenvalue weighted by molar-refractivity contribution is 6.27. The van der Waals surface area contributed by atoms with E-state index < -0.39 is 11.7 Å². The Morgan fingerprint density at radius 3 is 2.67 bits per heavy atom. The summed E-state index contributed by atoms with van der Waals surface area (Å²) in [5.41, 5.74) is 8.26. The molecule has 2 atom stereocenters. The quantitative estimate of drug-likeness (QED) is 0.434. The third-order valence-electron chi connectivity index (χ3n) is 3.63. The molecule has 21 heavy (non-hydrogen) atoms. The van der Waals surface area contributed by atoms with Crippen molar-refractivity contribution < 1.29 is 14.0 Å². The van der Waals surface area contributed by atoms with Crippen molar-refractivity contribution in [2.24, 2.45) is 5.92 Å². The van der Waals surface area contributed by atoms with Crippen molar-refractivity contribution in [3.05, 3.63) is 41.4 Å². The Bertz CT molecular complexity index is 569. The third kappa shape index (κ3) is 3.46. The number of hydrazine groups is 1. The lowest BCUT2D eigenvalue weighted by atomic mass is 9.92. The molecule has 0 bridgehead atoms.